The molecule has 2 aliphatic rings. The van der Waals surface area contributed by atoms with Crippen molar-refractivity contribution in [1.29, 1.82) is 0 Å². The van der Waals surface area contributed by atoms with Crippen LogP contribution in [0.25, 0.3) is 0 Å². The molecule has 0 radical (unpaired) electrons. The van der Waals surface area contributed by atoms with Crippen LogP contribution in [0.3, 0.4) is 0 Å². The SMILES string of the molecule is Cc1cc([C@@H](C)C2C(=O)C3=C(CCCC3)C2=O)c(F)cc1Cl. The van der Waals surface area contributed by atoms with E-state index in [0.717, 1.165) is 18.4 Å². The van der Waals surface area contributed by atoms with Gasteiger partial charge in [0.05, 0.1) is 5.92 Å². The molecule has 3 rings (SSSR count). The van der Waals surface area contributed by atoms with Gasteiger partial charge in [-0.05, 0) is 49.8 Å². The maximum absolute atomic E-state index is 14.2. The molecule has 0 spiro atoms. The van der Waals surface area contributed by atoms with E-state index in [0.29, 0.717) is 34.6 Å². The summed E-state index contributed by atoms with van der Waals surface area (Å²) in [4.78, 5) is 25.2. The zero-order valence-electron chi connectivity index (χ0n) is 12.7. The summed E-state index contributed by atoms with van der Waals surface area (Å²) in [6.07, 6.45) is 3.28. The Morgan fingerprint density at radius 1 is 1.14 bits per heavy atom. The lowest BCUT2D eigenvalue weighted by atomic mass is 9.82. The number of benzene rings is 1. The molecule has 2 aliphatic carbocycles. The quantitative estimate of drug-likeness (QED) is 0.750. The molecule has 1 aromatic carbocycles. The Labute approximate surface area is 134 Å². The Balaban J connectivity index is 1.97. The van der Waals surface area contributed by atoms with Crippen molar-refractivity contribution >= 4 is 23.2 Å². The zero-order chi connectivity index (χ0) is 16.0. The van der Waals surface area contributed by atoms with Gasteiger partial charge in [0, 0.05) is 22.1 Å². The molecule has 0 aromatic heterocycles. The molecular weight excluding hydrogens is 303 g/mol. The Morgan fingerprint density at radius 3 is 2.23 bits per heavy atom. The number of carbonyl (C=O) groups is 2. The molecule has 0 fully saturated rings. The average molecular weight is 321 g/mol. The predicted molar refractivity (Wildman–Crippen MR) is 83.6 cm³/mol. The van der Waals surface area contributed by atoms with Gasteiger partial charge in [-0.1, -0.05) is 24.6 Å². The number of allylic oxidation sites excluding steroid dienone is 2. The van der Waals surface area contributed by atoms with Gasteiger partial charge in [0.25, 0.3) is 0 Å². The maximum atomic E-state index is 14.2. The topological polar surface area (TPSA) is 34.1 Å². The van der Waals surface area contributed by atoms with Gasteiger partial charge in [0.2, 0.25) is 0 Å². The van der Waals surface area contributed by atoms with Crippen LogP contribution < -0.4 is 0 Å². The second-order valence-electron chi connectivity index (χ2n) is 6.28. The fourth-order valence-corrected chi connectivity index (χ4v) is 3.76. The van der Waals surface area contributed by atoms with E-state index < -0.39 is 17.7 Å². The molecule has 1 atom stereocenters. The molecule has 0 aliphatic heterocycles. The van der Waals surface area contributed by atoms with Crippen LogP contribution in [0.15, 0.2) is 23.3 Å². The van der Waals surface area contributed by atoms with Crippen molar-refractivity contribution in [2.45, 2.75) is 45.4 Å². The van der Waals surface area contributed by atoms with Gasteiger partial charge in [-0.25, -0.2) is 4.39 Å². The van der Waals surface area contributed by atoms with Crippen LogP contribution >= 0.6 is 11.6 Å². The second-order valence-corrected chi connectivity index (χ2v) is 6.69. The largest absolute Gasteiger partial charge is 0.294 e. The van der Waals surface area contributed by atoms with Crippen molar-refractivity contribution < 1.29 is 14.0 Å². The highest BCUT2D eigenvalue weighted by Crippen LogP contribution is 2.42. The van der Waals surface area contributed by atoms with E-state index in [9.17, 15) is 14.0 Å². The number of rotatable bonds is 2. The van der Waals surface area contributed by atoms with Crippen LogP contribution in [0.5, 0.6) is 0 Å². The summed E-state index contributed by atoms with van der Waals surface area (Å²) in [6.45, 7) is 3.55. The fraction of sp³-hybridized carbons (Fsp3) is 0.444. The van der Waals surface area contributed by atoms with Crippen molar-refractivity contribution in [3.63, 3.8) is 0 Å². The first-order valence-corrected chi connectivity index (χ1v) is 8.05. The number of hydrogen-bond donors (Lipinski definition) is 0. The van der Waals surface area contributed by atoms with Crippen LogP contribution in [0.4, 0.5) is 4.39 Å². The van der Waals surface area contributed by atoms with Crippen LogP contribution in [-0.2, 0) is 9.59 Å². The van der Waals surface area contributed by atoms with Gasteiger partial charge >= 0.3 is 0 Å². The predicted octanol–water partition coefficient (Wildman–Crippen LogP) is 4.53. The number of halogens is 2. The maximum Gasteiger partial charge on any atom is 0.170 e. The number of Topliss-reactive ketones (excluding diaryl/α,β-unsaturated/α-hetero) is 2. The zero-order valence-corrected chi connectivity index (χ0v) is 13.5. The van der Waals surface area contributed by atoms with Gasteiger partial charge < -0.3 is 0 Å². The molecule has 0 bridgehead atoms. The van der Waals surface area contributed by atoms with E-state index in [-0.39, 0.29) is 11.6 Å². The smallest absolute Gasteiger partial charge is 0.170 e. The Bertz CT molecular complexity index is 677. The van der Waals surface area contributed by atoms with Gasteiger partial charge in [-0.2, -0.15) is 0 Å². The van der Waals surface area contributed by atoms with E-state index in [4.69, 9.17) is 11.6 Å². The number of hydrogen-bond acceptors (Lipinski definition) is 2. The lowest BCUT2D eigenvalue weighted by Crippen LogP contribution is -2.24. The third kappa shape index (κ3) is 2.32. The molecule has 0 unspecified atom stereocenters. The summed E-state index contributed by atoms with van der Waals surface area (Å²) in [5, 5.41) is 0.356. The van der Waals surface area contributed by atoms with Crippen LogP contribution in [-0.4, -0.2) is 11.6 Å². The van der Waals surface area contributed by atoms with Crippen LogP contribution in [0, 0.1) is 18.7 Å². The Morgan fingerprint density at radius 2 is 1.68 bits per heavy atom. The summed E-state index contributed by atoms with van der Waals surface area (Å²) in [6, 6.07) is 2.92. The summed E-state index contributed by atoms with van der Waals surface area (Å²) in [5.41, 5.74) is 2.53. The first kappa shape index (κ1) is 15.4. The normalized spacial score (nSPS) is 20.5. The first-order valence-electron chi connectivity index (χ1n) is 7.67. The van der Waals surface area contributed by atoms with Gasteiger partial charge in [-0.3, -0.25) is 9.59 Å². The van der Waals surface area contributed by atoms with E-state index in [1.807, 2.05) is 0 Å². The van der Waals surface area contributed by atoms with Crippen molar-refractivity contribution in [3.8, 4) is 0 Å². The molecule has 0 saturated heterocycles. The third-order valence-electron chi connectivity index (χ3n) is 4.90. The molecule has 4 heteroatoms. The molecule has 22 heavy (non-hydrogen) atoms. The van der Waals surface area contributed by atoms with Crippen molar-refractivity contribution in [2.75, 3.05) is 0 Å². The van der Waals surface area contributed by atoms with Gasteiger partial charge in [0.15, 0.2) is 11.6 Å². The van der Waals surface area contributed by atoms with E-state index >= 15 is 0 Å². The van der Waals surface area contributed by atoms with Gasteiger partial charge in [0.1, 0.15) is 5.82 Å². The minimum Gasteiger partial charge on any atom is -0.294 e. The van der Waals surface area contributed by atoms with Crippen molar-refractivity contribution in [2.24, 2.45) is 5.92 Å². The molecule has 1 aromatic rings. The van der Waals surface area contributed by atoms with E-state index in [2.05, 4.69) is 0 Å². The van der Waals surface area contributed by atoms with Crippen molar-refractivity contribution in [1.82, 2.24) is 0 Å². The molecular formula is C18H18ClFO2. The number of aryl methyl sites for hydroxylation is 1. The second kappa shape index (κ2) is 5.62. The lowest BCUT2D eigenvalue weighted by molar-refractivity contribution is -0.127. The third-order valence-corrected chi connectivity index (χ3v) is 5.30. The van der Waals surface area contributed by atoms with E-state index in [1.54, 1.807) is 19.9 Å². The van der Waals surface area contributed by atoms with E-state index in [1.165, 1.54) is 6.07 Å². The minimum absolute atomic E-state index is 0.0980. The summed E-state index contributed by atoms with van der Waals surface area (Å²) in [7, 11) is 0. The summed E-state index contributed by atoms with van der Waals surface area (Å²) >= 11 is 5.93. The Hall–Kier alpha value is -1.48. The Kier molecular flexibility index (Phi) is 3.94. The number of carbonyl (C=O) groups excluding carboxylic acids is 2. The standard InChI is InChI=1S/C18H18ClFO2/c1-9-7-13(15(20)8-14(9)19)10(2)16-17(21)11-5-3-4-6-12(11)18(16)22/h7-8,10,16H,3-6H2,1-2H3/t10-/m1/s1. The van der Waals surface area contributed by atoms with Gasteiger partial charge in [-0.15, -0.1) is 0 Å². The lowest BCUT2D eigenvalue weighted by Gasteiger charge is -2.19. The highest BCUT2D eigenvalue weighted by atomic mass is 35.5. The minimum atomic E-state index is -0.766. The fourth-order valence-electron chi connectivity index (χ4n) is 3.61. The molecule has 0 amide bonds. The van der Waals surface area contributed by atoms with Crippen LogP contribution in [0.1, 0.15) is 49.7 Å². The monoisotopic (exact) mass is 320 g/mol. The highest BCUT2D eigenvalue weighted by molar-refractivity contribution is 6.31. The molecule has 0 N–H and O–H groups in total. The molecule has 0 saturated carbocycles. The molecule has 2 nitrogen and oxygen atoms in total. The molecule has 0 heterocycles. The first-order chi connectivity index (χ1) is 10.4. The molecule has 116 valence electrons. The highest BCUT2D eigenvalue weighted by Gasteiger charge is 2.44. The summed E-state index contributed by atoms with van der Waals surface area (Å²) in [5.74, 6) is -1.88. The summed E-state index contributed by atoms with van der Waals surface area (Å²) < 4.78 is 14.2. The van der Waals surface area contributed by atoms with Crippen molar-refractivity contribution in [3.05, 3.63) is 45.2 Å². The average Bonchev–Trinajstić information content (AvgIpc) is 2.75. The number of ketones is 2. The van der Waals surface area contributed by atoms with Crippen LogP contribution in [0.2, 0.25) is 5.02 Å².